The Morgan fingerprint density at radius 1 is 1.31 bits per heavy atom. The monoisotopic (exact) mass is 255 g/mol. The molecule has 2 N–H and O–H groups in total. The van der Waals surface area contributed by atoms with Gasteiger partial charge in [0.1, 0.15) is 0 Å². The zero-order chi connectivity index (χ0) is 11.7. The number of aromatic nitrogens is 2. The van der Waals surface area contributed by atoms with E-state index in [4.69, 9.17) is 28.9 Å². The van der Waals surface area contributed by atoms with Crippen molar-refractivity contribution in [2.45, 2.75) is 6.04 Å². The second-order valence-electron chi connectivity index (χ2n) is 3.52. The zero-order valence-corrected chi connectivity index (χ0v) is 10.2. The smallest absolute Gasteiger partial charge is 0.0737 e. The van der Waals surface area contributed by atoms with Crippen LogP contribution in [0.25, 0.3) is 0 Å². The molecule has 0 amide bonds. The van der Waals surface area contributed by atoms with Crippen molar-refractivity contribution in [1.82, 2.24) is 9.78 Å². The molecule has 5 heteroatoms. The normalized spacial score (nSPS) is 12.8. The molecule has 1 aromatic carbocycles. The molecule has 84 valence electrons. The summed E-state index contributed by atoms with van der Waals surface area (Å²) >= 11 is 11.9. The Morgan fingerprint density at radius 2 is 2.06 bits per heavy atom. The molecule has 0 saturated heterocycles. The average Bonchev–Trinajstić information content (AvgIpc) is 2.63. The lowest BCUT2D eigenvalue weighted by Gasteiger charge is -2.14. The van der Waals surface area contributed by atoms with Crippen LogP contribution < -0.4 is 5.73 Å². The first kappa shape index (κ1) is 11.5. The van der Waals surface area contributed by atoms with Gasteiger partial charge in [-0.15, -0.1) is 0 Å². The van der Waals surface area contributed by atoms with Gasteiger partial charge in [-0.1, -0.05) is 29.3 Å². The van der Waals surface area contributed by atoms with Crippen LogP contribution in [0.4, 0.5) is 0 Å². The predicted octanol–water partition coefficient (Wildman–Crippen LogP) is 2.78. The average molecular weight is 256 g/mol. The van der Waals surface area contributed by atoms with Crippen molar-refractivity contribution in [1.29, 1.82) is 0 Å². The highest BCUT2D eigenvalue weighted by Gasteiger charge is 2.15. The Hall–Kier alpha value is -1.03. The van der Waals surface area contributed by atoms with E-state index in [1.807, 2.05) is 19.2 Å². The second kappa shape index (κ2) is 4.45. The fourth-order valence-electron chi connectivity index (χ4n) is 1.60. The van der Waals surface area contributed by atoms with Crippen molar-refractivity contribution >= 4 is 23.2 Å². The van der Waals surface area contributed by atoms with Gasteiger partial charge >= 0.3 is 0 Å². The van der Waals surface area contributed by atoms with Gasteiger partial charge in [0, 0.05) is 23.3 Å². The van der Waals surface area contributed by atoms with E-state index in [9.17, 15) is 0 Å². The second-order valence-corrected chi connectivity index (χ2v) is 4.37. The molecule has 0 saturated carbocycles. The molecule has 0 bridgehead atoms. The first-order valence-corrected chi connectivity index (χ1v) is 5.53. The van der Waals surface area contributed by atoms with Crippen LogP contribution in [0, 0.1) is 0 Å². The molecule has 0 spiro atoms. The number of nitrogens with two attached hydrogens (primary N) is 1. The van der Waals surface area contributed by atoms with E-state index in [0.29, 0.717) is 10.0 Å². The van der Waals surface area contributed by atoms with E-state index in [2.05, 4.69) is 5.10 Å². The Bertz CT molecular complexity index is 508. The number of hydrogen-bond acceptors (Lipinski definition) is 2. The van der Waals surface area contributed by atoms with E-state index in [1.54, 1.807) is 23.0 Å². The highest BCUT2D eigenvalue weighted by atomic mass is 35.5. The summed E-state index contributed by atoms with van der Waals surface area (Å²) in [4.78, 5) is 0. The third-order valence-electron chi connectivity index (χ3n) is 2.48. The van der Waals surface area contributed by atoms with Gasteiger partial charge < -0.3 is 5.73 Å². The number of benzene rings is 1. The maximum atomic E-state index is 6.12. The number of nitrogens with zero attached hydrogens (tertiary/aromatic N) is 2. The molecule has 0 aliphatic rings. The highest BCUT2D eigenvalue weighted by molar-refractivity contribution is 6.35. The number of halogens is 2. The van der Waals surface area contributed by atoms with Crippen molar-refractivity contribution in [3.05, 3.63) is 51.8 Å². The van der Waals surface area contributed by atoms with E-state index < -0.39 is 0 Å². The van der Waals surface area contributed by atoms with Crippen molar-refractivity contribution < 1.29 is 0 Å². The summed E-state index contributed by atoms with van der Waals surface area (Å²) < 4.78 is 1.73. The molecule has 1 heterocycles. The molecule has 16 heavy (non-hydrogen) atoms. The summed E-state index contributed by atoms with van der Waals surface area (Å²) in [7, 11) is 1.85. The van der Waals surface area contributed by atoms with Gasteiger partial charge in [0.15, 0.2) is 0 Å². The lowest BCUT2D eigenvalue weighted by molar-refractivity contribution is 0.673. The van der Waals surface area contributed by atoms with Crippen molar-refractivity contribution in [3.63, 3.8) is 0 Å². The zero-order valence-electron chi connectivity index (χ0n) is 8.69. The van der Waals surface area contributed by atoms with E-state index in [1.165, 1.54) is 0 Å². The number of rotatable bonds is 2. The van der Waals surface area contributed by atoms with Crippen LogP contribution in [0.2, 0.25) is 10.0 Å². The van der Waals surface area contributed by atoms with Crippen molar-refractivity contribution in [2.75, 3.05) is 0 Å². The molecule has 0 radical (unpaired) electrons. The quantitative estimate of drug-likeness (QED) is 0.897. The summed E-state index contributed by atoms with van der Waals surface area (Å²) in [6.45, 7) is 0. The molecule has 1 unspecified atom stereocenters. The SMILES string of the molecule is Cn1nccc1C(N)c1ccc(Cl)cc1Cl. The lowest BCUT2D eigenvalue weighted by Crippen LogP contribution is -2.16. The largest absolute Gasteiger partial charge is 0.319 e. The Morgan fingerprint density at radius 3 is 2.62 bits per heavy atom. The summed E-state index contributed by atoms with van der Waals surface area (Å²) in [6, 6.07) is 6.88. The summed E-state index contributed by atoms with van der Waals surface area (Å²) in [6.07, 6.45) is 1.71. The number of aryl methyl sites for hydroxylation is 1. The van der Waals surface area contributed by atoms with Crippen molar-refractivity contribution in [2.24, 2.45) is 12.8 Å². The molecular formula is C11H11Cl2N3. The fourth-order valence-corrected chi connectivity index (χ4v) is 2.13. The van der Waals surface area contributed by atoms with Crippen LogP contribution in [-0.2, 0) is 7.05 Å². The molecule has 3 nitrogen and oxygen atoms in total. The molecule has 0 fully saturated rings. The van der Waals surface area contributed by atoms with Gasteiger partial charge in [-0.2, -0.15) is 5.10 Å². The van der Waals surface area contributed by atoms with E-state index >= 15 is 0 Å². The van der Waals surface area contributed by atoms with Crippen LogP contribution in [0.15, 0.2) is 30.5 Å². The lowest BCUT2D eigenvalue weighted by atomic mass is 10.0. The Labute approximate surface area is 104 Å². The third-order valence-corrected chi connectivity index (χ3v) is 3.04. The molecule has 1 atom stereocenters. The van der Waals surface area contributed by atoms with Crippen LogP contribution in [-0.4, -0.2) is 9.78 Å². The minimum Gasteiger partial charge on any atom is -0.319 e. The summed E-state index contributed by atoms with van der Waals surface area (Å²) in [5, 5.41) is 5.25. The van der Waals surface area contributed by atoms with Gasteiger partial charge in [0.25, 0.3) is 0 Å². The molecule has 2 aromatic rings. The molecule has 2 rings (SSSR count). The summed E-state index contributed by atoms with van der Waals surface area (Å²) in [5.41, 5.74) is 7.87. The minimum absolute atomic E-state index is 0.294. The highest BCUT2D eigenvalue weighted by Crippen LogP contribution is 2.28. The van der Waals surface area contributed by atoms with Gasteiger partial charge in [-0.3, -0.25) is 4.68 Å². The number of hydrogen-bond donors (Lipinski definition) is 1. The van der Waals surface area contributed by atoms with Crippen LogP contribution in [0.5, 0.6) is 0 Å². The van der Waals surface area contributed by atoms with Gasteiger partial charge in [0.05, 0.1) is 11.7 Å². The standard InChI is InChI=1S/C11H11Cl2N3/c1-16-10(4-5-15-16)11(14)8-3-2-7(12)6-9(8)13/h2-6,11H,14H2,1H3. The Balaban J connectivity index is 2.41. The molecular weight excluding hydrogens is 245 g/mol. The summed E-state index contributed by atoms with van der Waals surface area (Å²) in [5.74, 6) is 0. The van der Waals surface area contributed by atoms with E-state index in [-0.39, 0.29) is 6.04 Å². The van der Waals surface area contributed by atoms with Gasteiger partial charge in [-0.05, 0) is 23.8 Å². The molecule has 0 aliphatic heterocycles. The van der Waals surface area contributed by atoms with E-state index in [0.717, 1.165) is 11.3 Å². The fraction of sp³-hybridized carbons (Fsp3) is 0.182. The van der Waals surface area contributed by atoms with Gasteiger partial charge in [-0.25, -0.2) is 0 Å². The first-order valence-electron chi connectivity index (χ1n) is 4.78. The topological polar surface area (TPSA) is 43.8 Å². The molecule has 0 aliphatic carbocycles. The maximum absolute atomic E-state index is 6.12. The Kier molecular flexibility index (Phi) is 3.19. The van der Waals surface area contributed by atoms with Gasteiger partial charge in [0.2, 0.25) is 0 Å². The maximum Gasteiger partial charge on any atom is 0.0737 e. The minimum atomic E-state index is -0.294. The van der Waals surface area contributed by atoms with Crippen LogP contribution in [0.1, 0.15) is 17.3 Å². The van der Waals surface area contributed by atoms with Crippen molar-refractivity contribution in [3.8, 4) is 0 Å². The predicted molar refractivity (Wildman–Crippen MR) is 65.7 cm³/mol. The molecule has 1 aromatic heterocycles. The third kappa shape index (κ3) is 2.07. The first-order chi connectivity index (χ1) is 7.59. The van der Waals surface area contributed by atoms with Crippen LogP contribution in [0.3, 0.4) is 0 Å². The van der Waals surface area contributed by atoms with Crippen LogP contribution >= 0.6 is 23.2 Å².